The maximum absolute atomic E-state index is 5.75. The number of aromatic nitrogens is 3. The molecule has 2 N–H and O–H groups in total. The fourth-order valence-electron chi connectivity index (χ4n) is 1.79. The Hall–Kier alpha value is -2.21. The molecule has 0 radical (unpaired) electrons. The third-order valence-electron chi connectivity index (χ3n) is 2.80. The number of nitrogen functional groups attached to an aromatic ring is 1. The summed E-state index contributed by atoms with van der Waals surface area (Å²) in [5, 5.41) is 3.98. The fraction of sp³-hybridized carbons (Fsp3) is 0.0714. The predicted octanol–water partition coefficient (Wildman–Crippen LogP) is 3.07. The summed E-state index contributed by atoms with van der Waals surface area (Å²) in [5.41, 5.74) is 8.29. The van der Waals surface area contributed by atoms with Crippen molar-refractivity contribution >= 4 is 21.6 Å². The molecule has 5 nitrogen and oxygen atoms in total. The van der Waals surface area contributed by atoms with Crippen molar-refractivity contribution in [1.82, 2.24) is 15.1 Å². The smallest absolute Gasteiger partial charge is 0.257 e. The van der Waals surface area contributed by atoms with Crippen molar-refractivity contribution in [2.75, 3.05) is 5.73 Å². The second-order valence-corrected chi connectivity index (χ2v) is 5.14. The quantitative estimate of drug-likeness (QED) is 0.746. The molecule has 0 saturated heterocycles. The second-order valence-electron chi connectivity index (χ2n) is 4.29. The highest BCUT2D eigenvalue weighted by molar-refractivity contribution is 9.10. The van der Waals surface area contributed by atoms with Crippen LogP contribution in [0.5, 0.6) is 0 Å². The van der Waals surface area contributed by atoms with Crippen LogP contribution in [0.3, 0.4) is 0 Å². The molecule has 0 fully saturated rings. The van der Waals surface area contributed by atoms with Gasteiger partial charge in [0.05, 0.1) is 0 Å². The lowest BCUT2D eigenvalue weighted by atomic mass is 10.2. The van der Waals surface area contributed by atoms with Gasteiger partial charge in [0, 0.05) is 34.5 Å². The van der Waals surface area contributed by atoms with Crippen LogP contribution in [0.25, 0.3) is 11.5 Å². The van der Waals surface area contributed by atoms with Crippen molar-refractivity contribution in [3.63, 3.8) is 0 Å². The number of benzene rings is 1. The average molecular weight is 331 g/mol. The van der Waals surface area contributed by atoms with Crippen molar-refractivity contribution in [2.45, 2.75) is 6.42 Å². The van der Waals surface area contributed by atoms with E-state index < -0.39 is 0 Å². The lowest BCUT2D eigenvalue weighted by Crippen LogP contribution is -1.91. The Morgan fingerprint density at radius 2 is 2.15 bits per heavy atom. The molecule has 2 aromatic heterocycles. The van der Waals surface area contributed by atoms with Crippen molar-refractivity contribution in [2.24, 2.45) is 0 Å². The molecule has 0 spiro atoms. The van der Waals surface area contributed by atoms with Crippen molar-refractivity contribution in [1.29, 1.82) is 0 Å². The van der Waals surface area contributed by atoms with Gasteiger partial charge in [-0.2, -0.15) is 4.98 Å². The molecule has 0 aliphatic rings. The number of halogens is 1. The molecule has 0 unspecified atom stereocenters. The molecule has 100 valence electrons. The molecule has 3 aromatic rings. The van der Waals surface area contributed by atoms with Crippen molar-refractivity contribution in [3.8, 4) is 11.5 Å². The second kappa shape index (κ2) is 5.42. The summed E-state index contributed by atoms with van der Waals surface area (Å²) in [6.07, 6.45) is 4.11. The van der Waals surface area contributed by atoms with Gasteiger partial charge in [-0.15, -0.1) is 0 Å². The third kappa shape index (κ3) is 2.70. The predicted molar refractivity (Wildman–Crippen MR) is 78.9 cm³/mol. The molecule has 1 aromatic carbocycles. The van der Waals surface area contributed by atoms with Crippen molar-refractivity contribution < 1.29 is 4.52 Å². The summed E-state index contributed by atoms with van der Waals surface area (Å²) in [4.78, 5) is 8.44. The van der Waals surface area contributed by atoms with E-state index in [9.17, 15) is 0 Å². The van der Waals surface area contributed by atoms with Gasteiger partial charge in [-0.25, -0.2) is 0 Å². The SMILES string of the molecule is Nc1ccc(-c2nc(Cc3cccnc3)no2)cc1Br. The monoisotopic (exact) mass is 330 g/mol. The Labute approximate surface area is 124 Å². The van der Waals surface area contributed by atoms with Gasteiger partial charge in [0.2, 0.25) is 0 Å². The molecule has 0 bridgehead atoms. The largest absolute Gasteiger partial charge is 0.398 e. The molecule has 0 aliphatic carbocycles. The molecular formula is C14H11BrN4O. The molecule has 0 saturated carbocycles. The molecule has 0 amide bonds. The van der Waals surface area contributed by atoms with Gasteiger partial charge >= 0.3 is 0 Å². The highest BCUT2D eigenvalue weighted by atomic mass is 79.9. The van der Waals surface area contributed by atoms with Crippen LogP contribution < -0.4 is 5.73 Å². The first-order chi connectivity index (χ1) is 9.72. The van der Waals surface area contributed by atoms with E-state index in [2.05, 4.69) is 31.1 Å². The first-order valence-electron chi connectivity index (χ1n) is 5.99. The molecule has 6 heteroatoms. The summed E-state index contributed by atoms with van der Waals surface area (Å²) in [6.45, 7) is 0. The van der Waals surface area contributed by atoms with E-state index in [0.717, 1.165) is 15.6 Å². The van der Waals surface area contributed by atoms with Crippen LogP contribution >= 0.6 is 15.9 Å². The van der Waals surface area contributed by atoms with E-state index in [1.54, 1.807) is 18.5 Å². The summed E-state index contributed by atoms with van der Waals surface area (Å²) < 4.78 is 6.08. The van der Waals surface area contributed by atoms with Gasteiger partial charge in [0.1, 0.15) is 0 Å². The Balaban J connectivity index is 1.84. The van der Waals surface area contributed by atoms with E-state index >= 15 is 0 Å². The highest BCUT2D eigenvalue weighted by Crippen LogP contribution is 2.26. The normalized spacial score (nSPS) is 10.7. The number of nitrogens with zero attached hydrogens (tertiary/aromatic N) is 3. The summed E-state index contributed by atoms with van der Waals surface area (Å²) in [6, 6.07) is 9.36. The molecular weight excluding hydrogens is 320 g/mol. The van der Waals surface area contributed by atoms with Gasteiger partial charge in [-0.1, -0.05) is 11.2 Å². The first-order valence-corrected chi connectivity index (χ1v) is 6.78. The Kier molecular flexibility index (Phi) is 3.47. The summed E-state index contributed by atoms with van der Waals surface area (Å²) in [7, 11) is 0. The Morgan fingerprint density at radius 3 is 2.90 bits per heavy atom. The average Bonchev–Trinajstić information content (AvgIpc) is 2.91. The molecule has 20 heavy (non-hydrogen) atoms. The number of pyridine rings is 1. The molecule has 0 atom stereocenters. The minimum Gasteiger partial charge on any atom is -0.398 e. The lowest BCUT2D eigenvalue weighted by molar-refractivity contribution is 0.424. The number of rotatable bonds is 3. The van der Waals surface area contributed by atoms with Crippen LogP contribution in [-0.4, -0.2) is 15.1 Å². The van der Waals surface area contributed by atoms with E-state index in [4.69, 9.17) is 10.3 Å². The van der Waals surface area contributed by atoms with Crippen LogP contribution in [0, 0.1) is 0 Å². The van der Waals surface area contributed by atoms with Crippen LogP contribution in [-0.2, 0) is 6.42 Å². The van der Waals surface area contributed by atoms with Crippen LogP contribution in [0.15, 0.2) is 51.7 Å². The zero-order chi connectivity index (χ0) is 13.9. The van der Waals surface area contributed by atoms with E-state index in [1.807, 2.05) is 24.3 Å². The lowest BCUT2D eigenvalue weighted by Gasteiger charge is -1.99. The first kappa shape index (κ1) is 12.8. The van der Waals surface area contributed by atoms with Gasteiger partial charge in [0.25, 0.3) is 5.89 Å². The molecule has 3 rings (SSSR count). The summed E-state index contributed by atoms with van der Waals surface area (Å²) >= 11 is 3.38. The zero-order valence-corrected chi connectivity index (χ0v) is 12.0. The highest BCUT2D eigenvalue weighted by Gasteiger charge is 2.10. The number of hydrogen-bond acceptors (Lipinski definition) is 5. The number of nitrogens with two attached hydrogens (primary N) is 1. The van der Waals surface area contributed by atoms with Crippen LogP contribution in [0.1, 0.15) is 11.4 Å². The van der Waals surface area contributed by atoms with E-state index in [1.165, 1.54) is 0 Å². The van der Waals surface area contributed by atoms with Gasteiger partial charge in [0.15, 0.2) is 5.82 Å². The zero-order valence-electron chi connectivity index (χ0n) is 10.5. The van der Waals surface area contributed by atoms with E-state index in [-0.39, 0.29) is 0 Å². The molecule has 0 aliphatic heterocycles. The Morgan fingerprint density at radius 1 is 1.25 bits per heavy atom. The van der Waals surface area contributed by atoms with Gasteiger partial charge in [-0.3, -0.25) is 4.98 Å². The van der Waals surface area contributed by atoms with E-state index in [0.29, 0.717) is 23.8 Å². The maximum atomic E-state index is 5.75. The minimum absolute atomic E-state index is 0.476. The maximum Gasteiger partial charge on any atom is 0.257 e. The number of anilines is 1. The fourth-order valence-corrected chi connectivity index (χ4v) is 2.17. The number of hydrogen-bond donors (Lipinski definition) is 1. The van der Waals surface area contributed by atoms with Crippen molar-refractivity contribution in [3.05, 3.63) is 58.6 Å². The van der Waals surface area contributed by atoms with Crippen LogP contribution in [0.2, 0.25) is 0 Å². The summed E-state index contributed by atoms with van der Waals surface area (Å²) in [5.74, 6) is 1.10. The third-order valence-corrected chi connectivity index (χ3v) is 3.49. The topological polar surface area (TPSA) is 77.8 Å². The minimum atomic E-state index is 0.476. The Bertz CT molecular complexity index is 727. The molecule has 2 heterocycles. The standard InChI is InChI=1S/C14H11BrN4O/c15-11-7-10(3-4-12(11)16)14-18-13(19-20-14)6-9-2-1-5-17-8-9/h1-5,7-8H,6,16H2. The van der Waals surface area contributed by atoms with Crippen LogP contribution in [0.4, 0.5) is 5.69 Å². The van der Waals surface area contributed by atoms with Gasteiger partial charge < -0.3 is 10.3 Å². The van der Waals surface area contributed by atoms with Gasteiger partial charge in [-0.05, 0) is 45.8 Å².